The number of benzene rings is 1. The Morgan fingerprint density at radius 2 is 2.00 bits per heavy atom. The highest BCUT2D eigenvalue weighted by Crippen LogP contribution is 2.32. The third kappa shape index (κ3) is 4.28. The molecule has 1 aliphatic heterocycles. The number of carbonyl (C=O) groups excluding carboxylic acids is 1. The number of hydrogen-bond acceptors (Lipinski definition) is 10. The van der Waals surface area contributed by atoms with E-state index in [1.165, 1.54) is 17.2 Å². The summed E-state index contributed by atoms with van der Waals surface area (Å²) in [6, 6.07) is 4.77. The Balaban J connectivity index is 1.51. The van der Waals surface area contributed by atoms with Gasteiger partial charge in [-0.05, 0) is 24.1 Å². The molecule has 0 bridgehead atoms. The molecule has 13 nitrogen and oxygen atoms in total. The van der Waals surface area contributed by atoms with E-state index in [2.05, 4.69) is 20.3 Å². The van der Waals surface area contributed by atoms with Crippen LogP contribution in [0.25, 0.3) is 11.2 Å². The Bertz CT molecular complexity index is 1170. The van der Waals surface area contributed by atoms with Crippen LogP contribution >= 0.6 is 0 Å². The topological polar surface area (TPSA) is 201 Å². The SMILES string of the molecule is COc1ccc(CC(N)C(=O)N[C@H]2[C@@H](O)[C@H](n3cnc4c(N)ncnc43)O[C@@H]2C(=O)O)cc1. The van der Waals surface area contributed by atoms with E-state index in [1.54, 1.807) is 31.4 Å². The molecular weight excluding hydrogens is 434 g/mol. The highest BCUT2D eigenvalue weighted by atomic mass is 16.6. The van der Waals surface area contributed by atoms with E-state index in [4.69, 9.17) is 20.9 Å². The Kier molecular flexibility index (Phi) is 6.09. The van der Waals surface area contributed by atoms with E-state index < -0.39 is 42.4 Å². The summed E-state index contributed by atoms with van der Waals surface area (Å²) in [5.41, 5.74) is 13.1. The van der Waals surface area contributed by atoms with E-state index in [-0.39, 0.29) is 23.4 Å². The number of nitrogens with two attached hydrogens (primary N) is 2. The van der Waals surface area contributed by atoms with Gasteiger partial charge >= 0.3 is 5.97 Å². The van der Waals surface area contributed by atoms with Gasteiger partial charge in [0.2, 0.25) is 5.91 Å². The molecule has 3 heterocycles. The summed E-state index contributed by atoms with van der Waals surface area (Å²) in [5.74, 6) is -1.20. The molecule has 1 saturated heterocycles. The molecule has 0 radical (unpaired) electrons. The van der Waals surface area contributed by atoms with Crippen LogP contribution in [0.3, 0.4) is 0 Å². The van der Waals surface area contributed by atoms with Crippen LogP contribution in [0.1, 0.15) is 11.8 Å². The monoisotopic (exact) mass is 457 g/mol. The molecule has 0 spiro atoms. The minimum atomic E-state index is -1.53. The van der Waals surface area contributed by atoms with Gasteiger partial charge in [-0.15, -0.1) is 0 Å². The average Bonchev–Trinajstić information content (AvgIpc) is 3.36. The Hall–Kier alpha value is -3.81. The van der Waals surface area contributed by atoms with Crippen molar-refractivity contribution in [3.05, 3.63) is 42.5 Å². The summed E-state index contributed by atoms with van der Waals surface area (Å²) >= 11 is 0. The first-order valence-electron chi connectivity index (χ1n) is 9.98. The lowest BCUT2D eigenvalue weighted by molar-refractivity contribution is -0.152. The number of carboxylic acids is 1. The van der Waals surface area contributed by atoms with Crippen molar-refractivity contribution in [3.8, 4) is 5.75 Å². The van der Waals surface area contributed by atoms with Crippen LogP contribution in [0.5, 0.6) is 5.75 Å². The summed E-state index contributed by atoms with van der Waals surface area (Å²) < 4.78 is 12.0. The summed E-state index contributed by atoms with van der Waals surface area (Å²) in [4.78, 5) is 36.5. The smallest absolute Gasteiger partial charge is 0.335 e. The summed E-state index contributed by atoms with van der Waals surface area (Å²) in [7, 11) is 1.55. The van der Waals surface area contributed by atoms with Crippen LogP contribution < -0.4 is 21.5 Å². The Morgan fingerprint density at radius 3 is 2.67 bits per heavy atom. The highest BCUT2D eigenvalue weighted by molar-refractivity contribution is 5.84. The maximum Gasteiger partial charge on any atom is 0.335 e. The zero-order valence-electron chi connectivity index (χ0n) is 17.5. The lowest BCUT2D eigenvalue weighted by Gasteiger charge is -2.22. The summed E-state index contributed by atoms with van der Waals surface area (Å²) in [6.07, 6.45) is -1.43. The first-order chi connectivity index (χ1) is 15.8. The number of aromatic nitrogens is 4. The summed E-state index contributed by atoms with van der Waals surface area (Å²) in [5, 5.41) is 23.0. The number of nitrogens with zero attached hydrogens (tertiary/aromatic N) is 4. The largest absolute Gasteiger partial charge is 0.497 e. The minimum absolute atomic E-state index is 0.121. The van der Waals surface area contributed by atoms with Gasteiger partial charge in [-0.2, -0.15) is 0 Å². The van der Waals surface area contributed by atoms with Crippen molar-refractivity contribution in [3.63, 3.8) is 0 Å². The number of aliphatic hydroxyl groups is 1. The molecule has 4 rings (SSSR count). The van der Waals surface area contributed by atoms with Gasteiger partial charge in [0.1, 0.15) is 23.7 Å². The quantitative estimate of drug-likeness (QED) is 0.286. The zero-order chi connectivity index (χ0) is 23.7. The third-order valence-corrected chi connectivity index (χ3v) is 5.44. The second-order valence-corrected chi connectivity index (χ2v) is 7.55. The molecule has 33 heavy (non-hydrogen) atoms. The Labute approximate surface area is 187 Å². The van der Waals surface area contributed by atoms with Crippen molar-refractivity contribution in [2.45, 2.75) is 36.9 Å². The molecule has 1 aromatic carbocycles. The molecule has 1 fully saturated rings. The lowest BCUT2D eigenvalue weighted by Crippen LogP contribution is -2.54. The van der Waals surface area contributed by atoms with Gasteiger partial charge in [-0.25, -0.2) is 19.7 Å². The number of ether oxygens (including phenoxy) is 2. The van der Waals surface area contributed by atoms with Crippen molar-refractivity contribution < 1.29 is 29.3 Å². The van der Waals surface area contributed by atoms with Gasteiger partial charge in [-0.1, -0.05) is 12.1 Å². The fourth-order valence-corrected chi connectivity index (χ4v) is 3.71. The highest BCUT2D eigenvalue weighted by Gasteiger charge is 2.49. The van der Waals surface area contributed by atoms with Gasteiger partial charge in [0.05, 0.1) is 25.5 Å². The fraction of sp³-hybridized carbons (Fsp3) is 0.350. The number of amides is 1. The number of nitrogen functional groups attached to an aromatic ring is 1. The van der Waals surface area contributed by atoms with Crippen LogP contribution in [0.2, 0.25) is 0 Å². The van der Waals surface area contributed by atoms with Crippen LogP contribution in [0, 0.1) is 0 Å². The van der Waals surface area contributed by atoms with Crippen LogP contribution in [0.15, 0.2) is 36.9 Å². The number of aliphatic hydroxyl groups excluding tert-OH is 1. The van der Waals surface area contributed by atoms with Gasteiger partial charge in [0, 0.05) is 0 Å². The molecule has 13 heteroatoms. The molecule has 5 atom stereocenters. The second kappa shape index (κ2) is 8.97. The van der Waals surface area contributed by atoms with Crippen LogP contribution in [-0.4, -0.2) is 73.0 Å². The van der Waals surface area contributed by atoms with Gasteiger partial charge in [0.15, 0.2) is 23.8 Å². The fourth-order valence-electron chi connectivity index (χ4n) is 3.71. The van der Waals surface area contributed by atoms with Crippen molar-refractivity contribution >= 4 is 28.9 Å². The van der Waals surface area contributed by atoms with Crippen molar-refractivity contribution in [1.82, 2.24) is 24.8 Å². The number of hydrogen-bond donors (Lipinski definition) is 5. The van der Waals surface area contributed by atoms with E-state index in [0.717, 1.165) is 5.56 Å². The normalized spacial score (nSPS) is 23.4. The molecule has 7 N–H and O–H groups in total. The van der Waals surface area contributed by atoms with E-state index in [9.17, 15) is 19.8 Å². The molecule has 1 unspecified atom stereocenters. The molecular formula is C20H23N7O6. The number of nitrogens with one attached hydrogen (secondary N) is 1. The second-order valence-electron chi connectivity index (χ2n) is 7.55. The Morgan fingerprint density at radius 1 is 1.27 bits per heavy atom. The van der Waals surface area contributed by atoms with Crippen molar-refractivity contribution in [1.29, 1.82) is 0 Å². The maximum atomic E-state index is 12.7. The van der Waals surface area contributed by atoms with Gasteiger partial charge in [-0.3, -0.25) is 9.36 Å². The number of rotatable bonds is 7. The molecule has 0 aliphatic carbocycles. The lowest BCUT2D eigenvalue weighted by atomic mass is 10.0. The standard InChI is InChI=1S/C20H23N7O6/c1-32-10-4-2-9(3-5-10)6-11(21)18(29)26-12-14(28)19(33-15(12)20(30)31)27-8-25-13-16(22)23-7-24-17(13)27/h2-5,7-8,11-12,14-15,19,28H,6,21H2,1H3,(H,26,29)(H,30,31)(H2,22,23,24)/t11?,12-,14+,15-,19+/m0/s1. The predicted molar refractivity (Wildman–Crippen MR) is 114 cm³/mol. The molecule has 3 aromatic rings. The molecule has 174 valence electrons. The molecule has 1 aliphatic rings. The number of fused-ring (bicyclic) bond motifs is 1. The van der Waals surface area contributed by atoms with E-state index >= 15 is 0 Å². The number of carbonyl (C=O) groups is 2. The first kappa shape index (κ1) is 22.4. The number of aliphatic carboxylic acids is 1. The van der Waals surface area contributed by atoms with Gasteiger partial charge in [0.25, 0.3) is 0 Å². The van der Waals surface area contributed by atoms with Crippen molar-refractivity contribution in [2.24, 2.45) is 5.73 Å². The first-order valence-corrected chi connectivity index (χ1v) is 9.98. The maximum absolute atomic E-state index is 12.7. The van der Waals surface area contributed by atoms with Crippen LogP contribution in [-0.2, 0) is 20.7 Å². The van der Waals surface area contributed by atoms with E-state index in [1.807, 2.05) is 0 Å². The number of anilines is 1. The predicted octanol–water partition coefficient (Wildman–Crippen LogP) is -1.19. The third-order valence-electron chi connectivity index (χ3n) is 5.44. The molecule has 2 aromatic heterocycles. The minimum Gasteiger partial charge on any atom is -0.497 e. The number of imidazole rings is 1. The summed E-state index contributed by atoms with van der Waals surface area (Å²) in [6.45, 7) is 0. The molecule has 1 amide bonds. The zero-order valence-corrected chi connectivity index (χ0v) is 17.5. The number of carboxylic acid groups (broad SMARTS) is 1. The van der Waals surface area contributed by atoms with Crippen LogP contribution in [0.4, 0.5) is 5.82 Å². The molecule has 0 saturated carbocycles. The average molecular weight is 457 g/mol. The van der Waals surface area contributed by atoms with E-state index in [0.29, 0.717) is 5.75 Å². The van der Waals surface area contributed by atoms with Gasteiger partial charge < -0.3 is 36.5 Å². The van der Waals surface area contributed by atoms with Crippen molar-refractivity contribution in [2.75, 3.05) is 12.8 Å². The number of methoxy groups -OCH3 is 1.